The van der Waals surface area contributed by atoms with E-state index in [0.717, 1.165) is 32.1 Å². The van der Waals surface area contributed by atoms with E-state index in [1.54, 1.807) is 25.7 Å². The highest BCUT2D eigenvalue weighted by atomic mass is 16.7. The zero-order chi connectivity index (χ0) is 19.0. The van der Waals surface area contributed by atoms with Gasteiger partial charge in [-0.05, 0) is 52.9 Å². The van der Waals surface area contributed by atoms with Gasteiger partial charge in [0.05, 0.1) is 0 Å². The molecule has 2 rings (SSSR count). The lowest BCUT2D eigenvalue weighted by atomic mass is 10.2. The van der Waals surface area contributed by atoms with Crippen molar-refractivity contribution in [2.75, 3.05) is 32.9 Å². The standard InChI is InChI=1S/C18H31NO7/c1-18(2,3)26-14(20)12-23-16(13-24-15-8-4-7-11-22-15)25-17(21)19-9-5-6-10-19/h15-16H,4-13H2,1-3H3/t15?,16-/m0/s1. The Bertz CT molecular complexity index is 451. The van der Waals surface area contributed by atoms with E-state index in [2.05, 4.69) is 0 Å². The van der Waals surface area contributed by atoms with Gasteiger partial charge in [-0.15, -0.1) is 0 Å². The van der Waals surface area contributed by atoms with Gasteiger partial charge in [-0.1, -0.05) is 0 Å². The fraction of sp³-hybridized carbons (Fsp3) is 0.889. The van der Waals surface area contributed by atoms with Crippen molar-refractivity contribution in [2.45, 2.75) is 71.1 Å². The van der Waals surface area contributed by atoms with E-state index in [1.165, 1.54) is 0 Å². The van der Waals surface area contributed by atoms with Gasteiger partial charge < -0.3 is 28.6 Å². The molecule has 0 radical (unpaired) electrons. The van der Waals surface area contributed by atoms with Crippen LogP contribution >= 0.6 is 0 Å². The highest BCUT2D eigenvalue weighted by Crippen LogP contribution is 2.16. The quantitative estimate of drug-likeness (QED) is 0.501. The largest absolute Gasteiger partial charge is 0.458 e. The fourth-order valence-corrected chi connectivity index (χ4v) is 2.76. The summed E-state index contributed by atoms with van der Waals surface area (Å²) in [6.07, 6.45) is 2.99. The van der Waals surface area contributed by atoms with E-state index < -0.39 is 24.0 Å². The second kappa shape index (κ2) is 10.1. The maximum atomic E-state index is 12.2. The summed E-state index contributed by atoms with van der Waals surface area (Å²) in [5.74, 6) is -0.520. The van der Waals surface area contributed by atoms with Gasteiger partial charge in [0.15, 0.2) is 6.29 Å². The lowest BCUT2D eigenvalue weighted by Crippen LogP contribution is -2.38. The van der Waals surface area contributed by atoms with Gasteiger partial charge in [-0.25, -0.2) is 9.59 Å². The third-order valence-corrected chi connectivity index (χ3v) is 3.96. The average Bonchev–Trinajstić information content (AvgIpc) is 3.11. The van der Waals surface area contributed by atoms with Gasteiger partial charge in [-0.2, -0.15) is 0 Å². The van der Waals surface area contributed by atoms with Crippen molar-refractivity contribution in [3.63, 3.8) is 0 Å². The lowest BCUT2D eigenvalue weighted by molar-refractivity contribution is -0.217. The number of amides is 1. The van der Waals surface area contributed by atoms with Crippen LogP contribution in [0, 0.1) is 0 Å². The molecule has 2 saturated heterocycles. The van der Waals surface area contributed by atoms with Gasteiger partial charge in [0, 0.05) is 19.7 Å². The molecule has 0 aromatic heterocycles. The Morgan fingerprint density at radius 1 is 1.15 bits per heavy atom. The highest BCUT2D eigenvalue weighted by Gasteiger charge is 2.26. The van der Waals surface area contributed by atoms with Crippen LogP contribution in [0.2, 0.25) is 0 Å². The molecule has 2 heterocycles. The minimum Gasteiger partial charge on any atom is -0.458 e. The van der Waals surface area contributed by atoms with E-state index in [-0.39, 0.29) is 19.5 Å². The van der Waals surface area contributed by atoms with Crippen LogP contribution in [0.1, 0.15) is 52.9 Å². The number of hydrogen-bond acceptors (Lipinski definition) is 7. The molecule has 0 saturated carbocycles. The molecule has 0 aromatic rings. The van der Waals surface area contributed by atoms with Crippen LogP contribution in [-0.4, -0.2) is 68.1 Å². The third-order valence-electron chi connectivity index (χ3n) is 3.96. The van der Waals surface area contributed by atoms with Gasteiger partial charge in [-0.3, -0.25) is 0 Å². The summed E-state index contributed by atoms with van der Waals surface area (Å²) in [4.78, 5) is 25.7. The summed E-state index contributed by atoms with van der Waals surface area (Å²) >= 11 is 0. The number of carbonyl (C=O) groups excluding carboxylic acids is 2. The summed E-state index contributed by atoms with van der Waals surface area (Å²) in [7, 11) is 0. The second-order valence-corrected chi connectivity index (χ2v) is 7.53. The number of rotatable bonds is 7. The van der Waals surface area contributed by atoms with Crippen LogP contribution in [0.5, 0.6) is 0 Å². The lowest BCUT2D eigenvalue weighted by Gasteiger charge is -2.26. The minimum atomic E-state index is -0.985. The van der Waals surface area contributed by atoms with Gasteiger partial charge in [0.2, 0.25) is 6.29 Å². The summed E-state index contributed by atoms with van der Waals surface area (Å²) in [6, 6.07) is 0. The zero-order valence-corrected chi connectivity index (χ0v) is 16.0. The fourth-order valence-electron chi connectivity index (χ4n) is 2.76. The van der Waals surface area contributed by atoms with Crippen LogP contribution in [-0.2, 0) is 28.5 Å². The molecule has 2 atom stereocenters. The van der Waals surface area contributed by atoms with Crippen molar-refractivity contribution in [2.24, 2.45) is 0 Å². The van der Waals surface area contributed by atoms with Crippen molar-refractivity contribution in [3.05, 3.63) is 0 Å². The Morgan fingerprint density at radius 3 is 2.50 bits per heavy atom. The average molecular weight is 373 g/mol. The van der Waals surface area contributed by atoms with Crippen LogP contribution in [0.4, 0.5) is 4.79 Å². The van der Waals surface area contributed by atoms with Crippen molar-refractivity contribution in [1.29, 1.82) is 0 Å². The molecule has 2 aliphatic heterocycles. The van der Waals surface area contributed by atoms with Crippen LogP contribution in [0.25, 0.3) is 0 Å². The molecular weight excluding hydrogens is 342 g/mol. The number of ether oxygens (including phenoxy) is 5. The smallest absolute Gasteiger partial charge is 0.412 e. The van der Waals surface area contributed by atoms with Gasteiger partial charge in [0.1, 0.15) is 18.8 Å². The molecule has 0 N–H and O–H groups in total. The molecule has 2 aliphatic rings. The summed E-state index contributed by atoms with van der Waals surface area (Å²) in [5.41, 5.74) is -0.603. The first-order valence-electron chi connectivity index (χ1n) is 9.36. The molecule has 0 bridgehead atoms. The number of hydrogen-bond donors (Lipinski definition) is 0. The highest BCUT2D eigenvalue weighted by molar-refractivity contribution is 5.71. The van der Waals surface area contributed by atoms with Gasteiger partial charge in [0.25, 0.3) is 0 Å². The zero-order valence-electron chi connectivity index (χ0n) is 16.0. The topological polar surface area (TPSA) is 83.5 Å². The Kier molecular flexibility index (Phi) is 8.12. The Hall–Kier alpha value is -1.38. The predicted molar refractivity (Wildman–Crippen MR) is 92.4 cm³/mol. The molecule has 1 amide bonds. The van der Waals surface area contributed by atoms with Crippen molar-refractivity contribution < 1.29 is 33.3 Å². The van der Waals surface area contributed by atoms with E-state index in [1.807, 2.05) is 0 Å². The monoisotopic (exact) mass is 373 g/mol. The maximum Gasteiger partial charge on any atom is 0.412 e. The number of carbonyl (C=O) groups is 2. The molecule has 150 valence electrons. The predicted octanol–water partition coefficient (Wildman–Crippen LogP) is 2.45. The molecule has 8 heteroatoms. The van der Waals surface area contributed by atoms with E-state index in [4.69, 9.17) is 23.7 Å². The molecule has 26 heavy (non-hydrogen) atoms. The van der Waals surface area contributed by atoms with E-state index in [9.17, 15) is 9.59 Å². The number of likely N-dealkylation sites (tertiary alicyclic amines) is 1. The van der Waals surface area contributed by atoms with Crippen molar-refractivity contribution in [1.82, 2.24) is 4.90 Å². The summed E-state index contributed by atoms with van der Waals surface area (Å²) in [5, 5.41) is 0. The van der Waals surface area contributed by atoms with Crippen LogP contribution in [0.15, 0.2) is 0 Å². The minimum absolute atomic E-state index is 0.00699. The third kappa shape index (κ3) is 7.88. The van der Waals surface area contributed by atoms with E-state index in [0.29, 0.717) is 19.7 Å². The van der Waals surface area contributed by atoms with Crippen molar-refractivity contribution >= 4 is 12.1 Å². The Balaban J connectivity index is 1.82. The molecule has 0 aromatic carbocycles. The molecule has 8 nitrogen and oxygen atoms in total. The van der Waals surface area contributed by atoms with Crippen LogP contribution in [0.3, 0.4) is 0 Å². The summed E-state index contributed by atoms with van der Waals surface area (Å²) < 4.78 is 27.2. The first-order valence-corrected chi connectivity index (χ1v) is 9.36. The first-order chi connectivity index (χ1) is 12.3. The molecule has 0 spiro atoms. The van der Waals surface area contributed by atoms with Crippen molar-refractivity contribution in [3.8, 4) is 0 Å². The maximum absolute atomic E-state index is 12.2. The summed E-state index contributed by atoms with van der Waals surface area (Å²) in [6.45, 7) is 7.02. The first kappa shape index (κ1) is 20.9. The molecule has 1 unspecified atom stereocenters. The second-order valence-electron chi connectivity index (χ2n) is 7.53. The molecular formula is C18H31NO7. The molecule has 2 fully saturated rings. The Labute approximate surface area is 155 Å². The Morgan fingerprint density at radius 2 is 1.88 bits per heavy atom. The van der Waals surface area contributed by atoms with Gasteiger partial charge >= 0.3 is 12.1 Å². The van der Waals surface area contributed by atoms with Crippen LogP contribution < -0.4 is 0 Å². The normalized spacial score (nSPS) is 22.1. The number of esters is 1. The number of nitrogens with zero attached hydrogens (tertiary/aromatic N) is 1. The SMILES string of the molecule is CC(C)(C)OC(=O)CO[C@H](COC1CCCCO1)OC(=O)N1CCCC1. The molecule has 0 aliphatic carbocycles. The van der Waals surface area contributed by atoms with E-state index >= 15 is 0 Å².